The summed E-state index contributed by atoms with van der Waals surface area (Å²) in [6, 6.07) is 27.4. The minimum atomic E-state index is -0.965. The van der Waals surface area contributed by atoms with Crippen LogP contribution in [0, 0.1) is 5.82 Å². The topological polar surface area (TPSA) is 96.2 Å². The largest absolute Gasteiger partial charge is 0.481 e. The summed E-state index contributed by atoms with van der Waals surface area (Å²) in [5, 5.41) is 21.2. The zero-order valence-corrected chi connectivity index (χ0v) is 19.0. The van der Waals surface area contributed by atoms with Crippen LogP contribution in [0.15, 0.2) is 97.1 Å². The molecule has 36 heavy (non-hydrogen) atoms. The second-order valence-corrected chi connectivity index (χ2v) is 8.15. The second-order valence-electron chi connectivity index (χ2n) is 8.15. The van der Waals surface area contributed by atoms with Crippen molar-refractivity contribution in [3.8, 4) is 16.9 Å². The van der Waals surface area contributed by atoms with Crippen molar-refractivity contribution in [2.24, 2.45) is 0 Å². The molecule has 0 atom stereocenters. The van der Waals surface area contributed by atoms with Crippen molar-refractivity contribution >= 4 is 34.3 Å². The highest BCUT2D eigenvalue weighted by molar-refractivity contribution is 6.06. The van der Waals surface area contributed by atoms with Gasteiger partial charge in [0.05, 0.1) is 23.5 Å². The number of urea groups is 1. The molecule has 178 valence electrons. The lowest BCUT2D eigenvalue weighted by molar-refractivity contribution is -0.136. The Balaban J connectivity index is 1.51. The molecule has 2 amide bonds. The predicted octanol–water partition coefficient (Wildman–Crippen LogP) is 6.10. The van der Waals surface area contributed by atoms with E-state index in [4.69, 9.17) is 0 Å². The van der Waals surface area contributed by atoms with E-state index in [-0.39, 0.29) is 12.0 Å². The molecule has 1 aromatic heterocycles. The Morgan fingerprint density at radius 2 is 1.61 bits per heavy atom. The van der Waals surface area contributed by atoms with Gasteiger partial charge in [0.15, 0.2) is 0 Å². The lowest BCUT2D eigenvalue weighted by Gasteiger charge is -2.12. The van der Waals surface area contributed by atoms with Gasteiger partial charge in [0, 0.05) is 17.0 Å². The van der Waals surface area contributed by atoms with Crippen LogP contribution < -0.4 is 10.6 Å². The summed E-state index contributed by atoms with van der Waals surface area (Å²) < 4.78 is 16.0. The monoisotopic (exact) mass is 480 g/mol. The van der Waals surface area contributed by atoms with Gasteiger partial charge in [-0.15, -0.1) is 0 Å². The van der Waals surface area contributed by atoms with Gasteiger partial charge < -0.3 is 10.4 Å². The predicted molar refractivity (Wildman–Crippen MR) is 137 cm³/mol. The Labute approximate surface area is 205 Å². The van der Waals surface area contributed by atoms with Crippen LogP contribution in [-0.2, 0) is 11.2 Å². The number of carbonyl (C=O) groups is 2. The molecule has 5 rings (SSSR count). The fourth-order valence-corrected chi connectivity index (χ4v) is 4.04. The summed E-state index contributed by atoms with van der Waals surface area (Å²) in [4.78, 5) is 24.2. The van der Waals surface area contributed by atoms with Crippen LogP contribution in [-0.4, -0.2) is 26.9 Å². The first-order chi connectivity index (χ1) is 17.5. The van der Waals surface area contributed by atoms with Gasteiger partial charge in [-0.05, 0) is 41.3 Å². The maximum absolute atomic E-state index is 14.5. The van der Waals surface area contributed by atoms with Crippen molar-refractivity contribution in [3.63, 3.8) is 0 Å². The fourth-order valence-electron chi connectivity index (χ4n) is 4.04. The normalized spacial score (nSPS) is 10.8. The van der Waals surface area contributed by atoms with Gasteiger partial charge in [0.1, 0.15) is 11.6 Å². The van der Waals surface area contributed by atoms with Gasteiger partial charge >= 0.3 is 12.0 Å². The summed E-state index contributed by atoms with van der Waals surface area (Å²) in [7, 11) is 0. The number of hydrogen-bond donors (Lipinski definition) is 3. The third kappa shape index (κ3) is 4.78. The molecule has 0 radical (unpaired) electrons. The summed E-state index contributed by atoms with van der Waals surface area (Å²) >= 11 is 0. The van der Waals surface area contributed by atoms with Crippen LogP contribution in [0.3, 0.4) is 0 Å². The van der Waals surface area contributed by atoms with E-state index < -0.39 is 17.8 Å². The Morgan fingerprint density at radius 1 is 0.861 bits per heavy atom. The fraction of sp³-hybridized carbons (Fsp3) is 0.0357. The van der Waals surface area contributed by atoms with Crippen LogP contribution in [0.2, 0.25) is 0 Å². The van der Waals surface area contributed by atoms with Crippen molar-refractivity contribution in [1.29, 1.82) is 0 Å². The number of aliphatic carboxylic acids is 1. The van der Waals surface area contributed by atoms with Gasteiger partial charge in [-0.25, -0.2) is 13.9 Å². The number of carboxylic acid groups (broad SMARTS) is 1. The molecule has 7 nitrogen and oxygen atoms in total. The summed E-state index contributed by atoms with van der Waals surface area (Å²) in [5.74, 6) is -1.13. The highest BCUT2D eigenvalue weighted by Crippen LogP contribution is 2.28. The molecule has 0 aliphatic rings. The van der Waals surface area contributed by atoms with E-state index >= 15 is 0 Å². The number of benzene rings is 4. The highest BCUT2D eigenvalue weighted by Gasteiger charge is 2.17. The lowest BCUT2D eigenvalue weighted by atomic mass is 10.1. The molecule has 0 fully saturated rings. The van der Waals surface area contributed by atoms with Crippen molar-refractivity contribution in [2.75, 3.05) is 10.6 Å². The number of carbonyl (C=O) groups excluding carboxylic acids is 1. The third-order valence-electron chi connectivity index (χ3n) is 5.65. The van der Waals surface area contributed by atoms with E-state index in [2.05, 4.69) is 15.7 Å². The molecular formula is C28H21FN4O3. The average Bonchev–Trinajstić information content (AvgIpc) is 3.27. The molecule has 5 aromatic rings. The number of hydrogen-bond acceptors (Lipinski definition) is 3. The Bertz CT molecular complexity index is 1590. The highest BCUT2D eigenvalue weighted by atomic mass is 19.1. The van der Waals surface area contributed by atoms with Crippen LogP contribution in [0.1, 0.15) is 5.56 Å². The number of halogens is 1. The van der Waals surface area contributed by atoms with E-state index in [1.807, 2.05) is 36.4 Å². The average molecular weight is 480 g/mol. The van der Waals surface area contributed by atoms with Crippen molar-refractivity contribution < 1.29 is 19.1 Å². The molecular weight excluding hydrogens is 459 g/mol. The molecule has 0 aliphatic carbocycles. The van der Waals surface area contributed by atoms with Crippen molar-refractivity contribution in [3.05, 3.63) is 108 Å². The van der Waals surface area contributed by atoms with Gasteiger partial charge in [0.2, 0.25) is 0 Å². The molecule has 0 spiro atoms. The van der Waals surface area contributed by atoms with Crippen LogP contribution in [0.4, 0.5) is 20.7 Å². The van der Waals surface area contributed by atoms with Gasteiger partial charge in [-0.2, -0.15) is 5.10 Å². The van der Waals surface area contributed by atoms with Gasteiger partial charge in [-0.3, -0.25) is 10.1 Å². The van der Waals surface area contributed by atoms with E-state index in [0.29, 0.717) is 28.5 Å². The Kier molecular flexibility index (Phi) is 6.15. The van der Waals surface area contributed by atoms with Gasteiger partial charge in [0.25, 0.3) is 0 Å². The first kappa shape index (κ1) is 22.8. The Hall–Kier alpha value is -4.98. The van der Waals surface area contributed by atoms with Gasteiger partial charge in [-0.1, -0.05) is 60.7 Å². The zero-order chi connectivity index (χ0) is 25.1. The smallest absolute Gasteiger partial charge is 0.324 e. The number of rotatable bonds is 6. The number of carboxylic acids is 1. The van der Waals surface area contributed by atoms with Crippen molar-refractivity contribution in [1.82, 2.24) is 9.78 Å². The standard InChI is InChI=1S/C28H21FN4O3/c29-23-13-4-3-12-22(23)25-17-26(33(32-25)20-10-5-7-18(15-20)16-27(34)35)31-28(36)30-24-14-6-9-19-8-1-2-11-21(19)24/h1-15,17H,16H2,(H,34,35)(H2,30,31,36). The molecule has 0 saturated heterocycles. The number of anilines is 2. The number of amides is 2. The zero-order valence-electron chi connectivity index (χ0n) is 19.0. The van der Waals surface area contributed by atoms with E-state index in [0.717, 1.165) is 10.8 Å². The summed E-state index contributed by atoms with van der Waals surface area (Å²) in [5.41, 5.74) is 2.31. The lowest BCUT2D eigenvalue weighted by Crippen LogP contribution is -2.21. The molecule has 4 aromatic carbocycles. The maximum atomic E-state index is 14.5. The molecule has 0 unspecified atom stereocenters. The SMILES string of the molecule is O=C(O)Cc1cccc(-n2nc(-c3ccccc3F)cc2NC(=O)Nc2cccc3ccccc23)c1. The first-order valence-electron chi connectivity index (χ1n) is 11.2. The summed E-state index contributed by atoms with van der Waals surface area (Å²) in [6.45, 7) is 0. The Morgan fingerprint density at radius 3 is 2.44 bits per heavy atom. The second kappa shape index (κ2) is 9.71. The third-order valence-corrected chi connectivity index (χ3v) is 5.65. The molecule has 1 heterocycles. The van der Waals surface area contributed by atoms with Crippen LogP contribution >= 0.6 is 0 Å². The molecule has 0 aliphatic heterocycles. The number of aromatic nitrogens is 2. The van der Waals surface area contributed by atoms with Crippen LogP contribution in [0.25, 0.3) is 27.7 Å². The van der Waals surface area contributed by atoms with E-state index in [9.17, 15) is 19.1 Å². The minimum absolute atomic E-state index is 0.167. The maximum Gasteiger partial charge on any atom is 0.324 e. The minimum Gasteiger partial charge on any atom is -0.481 e. The van der Waals surface area contributed by atoms with E-state index in [1.54, 1.807) is 54.6 Å². The summed E-state index contributed by atoms with van der Waals surface area (Å²) in [6.07, 6.45) is -0.167. The first-order valence-corrected chi connectivity index (χ1v) is 11.2. The van der Waals surface area contributed by atoms with E-state index in [1.165, 1.54) is 10.7 Å². The molecule has 0 bridgehead atoms. The number of fused-ring (bicyclic) bond motifs is 1. The molecule has 8 heteroatoms. The number of nitrogens with one attached hydrogen (secondary N) is 2. The van der Waals surface area contributed by atoms with Crippen molar-refractivity contribution in [2.45, 2.75) is 6.42 Å². The van der Waals surface area contributed by atoms with Crippen LogP contribution in [0.5, 0.6) is 0 Å². The number of nitrogens with zero attached hydrogens (tertiary/aromatic N) is 2. The quantitative estimate of drug-likeness (QED) is 0.274. The molecule has 3 N–H and O–H groups in total. The molecule has 0 saturated carbocycles.